The zero-order valence-corrected chi connectivity index (χ0v) is 17.4. The summed E-state index contributed by atoms with van der Waals surface area (Å²) in [4.78, 5) is 32.9. The molecule has 0 aliphatic carbocycles. The lowest BCUT2D eigenvalue weighted by Crippen LogP contribution is -2.42. The summed E-state index contributed by atoms with van der Waals surface area (Å²) in [5.74, 6) is 0.848. The van der Waals surface area contributed by atoms with Gasteiger partial charge < -0.3 is 14.6 Å². The number of nitrogens with zero attached hydrogens (tertiary/aromatic N) is 3. The van der Waals surface area contributed by atoms with E-state index in [-0.39, 0.29) is 11.9 Å². The highest BCUT2D eigenvalue weighted by molar-refractivity contribution is 5.84. The number of pyridine rings is 1. The molecule has 28 heavy (non-hydrogen) atoms. The van der Waals surface area contributed by atoms with Crippen molar-refractivity contribution in [1.29, 1.82) is 0 Å². The van der Waals surface area contributed by atoms with Gasteiger partial charge in [0.05, 0.1) is 18.3 Å². The molecule has 2 heterocycles. The molecular weight excluding hydrogens is 356 g/mol. The summed E-state index contributed by atoms with van der Waals surface area (Å²) >= 11 is 0. The summed E-state index contributed by atoms with van der Waals surface area (Å²) in [7, 11) is 0. The molecule has 1 atom stereocenters. The lowest BCUT2D eigenvalue weighted by atomic mass is 10.0. The number of aryl methyl sites for hydroxylation is 2. The van der Waals surface area contributed by atoms with Gasteiger partial charge in [0.15, 0.2) is 0 Å². The van der Waals surface area contributed by atoms with Gasteiger partial charge in [-0.05, 0) is 45.1 Å². The number of aromatic nitrogens is 3. The first-order valence-electron chi connectivity index (χ1n) is 10.1. The quantitative estimate of drug-likeness (QED) is 0.471. The van der Waals surface area contributed by atoms with E-state index in [2.05, 4.69) is 19.9 Å². The number of ether oxygens (including phenoxy) is 1. The zero-order valence-electron chi connectivity index (χ0n) is 17.4. The van der Waals surface area contributed by atoms with Crippen LogP contribution in [-0.4, -0.2) is 39.1 Å². The van der Waals surface area contributed by atoms with Gasteiger partial charge in [-0.3, -0.25) is 9.78 Å². The van der Waals surface area contributed by atoms with E-state index in [1.54, 1.807) is 19.3 Å². The topological polar surface area (TPSA) is 86.1 Å². The van der Waals surface area contributed by atoms with Crippen molar-refractivity contribution in [3.8, 4) is 0 Å². The minimum Gasteiger partial charge on any atom is -0.464 e. The van der Waals surface area contributed by atoms with Crippen LogP contribution in [0.4, 0.5) is 0 Å². The Labute approximate surface area is 166 Å². The minimum absolute atomic E-state index is 0.0889. The summed E-state index contributed by atoms with van der Waals surface area (Å²) in [6, 6.07) is 1.42. The molecule has 0 radical (unpaired) electrons. The van der Waals surface area contributed by atoms with Crippen LogP contribution < -0.4 is 5.32 Å². The third-order valence-corrected chi connectivity index (χ3v) is 4.64. The molecule has 2 rings (SSSR count). The van der Waals surface area contributed by atoms with E-state index >= 15 is 0 Å². The lowest BCUT2D eigenvalue weighted by Gasteiger charge is -2.19. The highest BCUT2D eigenvalue weighted by atomic mass is 16.5. The van der Waals surface area contributed by atoms with Crippen molar-refractivity contribution in [3.05, 3.63) is 24.3 Å². The Bertz CT molecular complexity index is 785. The van der Waals surface area contributed by atoms with Crippen LogP contribution in [0, 0.1) is 12.8 Å². The van der Waals surface area contributed by atoms with Crippen molar-refractivity contribution in [3.63, 3.8) is 0 Å². The fourth-order valence-electron chi connectivity index (χ4n) is 3.31. The van der Waals surface area contributed by atoms with E-state index in [1.807, 2.05) is 26.8 Å². The normalized spacial score (nSPS) is 12.3. The SMILES string of the molecule is CCOC(=O)[C@H](CC(C)C)NC(=O)CCCCCn1c(C)nc2cnccc21. The van der Waals surface area contributed by atoms with E-state index in [1.165, 1.54) is 0 Å². The van der Waals surface area contributed by atoms with Gasteiger partial charge in [-0.2, -0.15) is 0 Å². The second kappa shape index (κ2) is 10.8. The Hall–Kier alpha value is -2.44. The molecule has 7 heteroatoms. The van der Waals surface area contributed by atoms with Crippen molar-refractivity contribution >= 4 is 22.9 Å². The molecule has 154 valence electrons. The van der Waals surface area contributed by atoms with E-state index < -0.39 is 6.04 Å². The second-order valence-corrected chi connectivity index (χ2v) is 7.49. The maximum Gasteiger partial charge on any atom is 0.328 e. The van der Waals surface area contributed by atoms with Gasteiger partial charge in [0.1, 0.15) is 17.4 Å². The Kier molecular flexibility index (Phi) is 8.42. The number of hydrogen-bond donors (Lipinski definition) is 1. The lowest BCUT2D eigenvalue weighted by molar-refractivity contribution is -0.147. The first-order valence-corrected chi connectivity index (χ1v) is 10.1. The van der Waals surface area contributed by atoms with Gasteiger partial charge in [0, 0.05) is 19.2 Å². The molecular formula is C21H32N4O3. The molecule has 0 aromatic carbocycles. The summed E-state index contributed by atoms with van der Waals surface area (Å²) in [6.45, 7) is 9.01. The van der Waals surface area contributed by atoms with Gasteiger partial charge in [-0.15, -0.1) is 0 Å². The number of unbranched alkanes of at least 4 members (excludes halogenated alkanes) is 2. The third kappa shape index (κ3) is 6.32. The average molecular weight is 389 g/mol. The van der Waals surface area contributed by atoms with E-state index in [0.29, 0.717) is 25.4 Å². The van der Waals surface area contributed by atoms with Crippen molar-refractivity contribution in [2.45, 2.75) is 72.4 Å². The Morgan fingerprint density at radius 1 is 1.25 bits per heavy atom. The fraction of sp³-hybridized carbons (Fsp3) is 0.619. The third-order valence-electron chi connectivity index (χ3n) is 4.64. The Balaban J connectivity index is 1.75. The summed E-state index contributed by atoms with van der Waals surface area (Å²) in [5, 5.41) is 2.84. The zero-order chi connectivity index (χ0) is 20.5. The van der Waals surface area contributed by atoms with E-state index in [4.69, 9.17) is 4.74 Å². The molecule has 2 aromatic rings. The van der Waals surface area contributed by atoms with Crippen molar-refractivity contribution in [2.75, 3.05) is 6.61 Å². The molecule has 0 aliphatic heterocycles. The van der Waals surface area contributed by atoms with Crippen molar-refractivity contribution in [2.24, 2.45) is 5.92 Å². The first-order chi connectivity index (χ1) is 13.4. The maximum absolute atomic E-state index is 12.2. The molecule has 2 aromatic heterocycles. The first kappa shape index (κ1) is 21.9. The number of carbonyl (C=O) groups excluding carboxylic acids is 2. The molecule has 0 bridgehead atoms. The highest BCUT2D eigenvalue weighted by Gasteiger charge is 2.22. The van der Waals surface area contributed by atoms with Crippen LogP contribution in [0.25, 0.3) is 11.0 Å². The largest absolute Gasteiger partial charge is 0.464 e. The van der Waals surface area contributed by atoms with Crippen LogP contribution in [0.1, 0.15) is 58.7 Å². The maximum atomic E-state index is 12.2. The van der Waals surface area contributed by atoms with Crippen LogP contribution >= 0.6 is 0 Å². The van der Waals surface area contributed by atoms with Gasteiger partial charge in [-0.25, -0.2) is 9.78 Å². The molecule has 1 N–H and O–H groups in total. The number of amides is 1. The van der Waals surface area contributed by atoms with Crippen molar-refractivity contribution in [1.82, 2.24) is 19.9 Å². The molecule has 0 aliphatic rings. The van der Waals surface area contributed by atoms with Gasteiger partial charge in [0.2, 0.25) is 5.91 Å². The second-order valence-electron chi connectivity index (χ2n) is 7.49. The Morgan fingerprint density at radius 2 is 2.04 bits per heavy atom. The fourth-order valence-corrected chi connectivity index (χ4v) is 3.31. The number of nitrogens with one attached hydrogen (secondary N) is 1. The number of fused-ring (bicyclic) bond motifs is 1. The number of imidazole rings is 1. The molecule has 0 spiro atoms. The summed E-state index contributed by atoms with van der Waals surface area (Å²) in [5.41, 5.74) is 2.01. The highest BCUT2D eigenvalue weighted by Crippen LogP contribution is 2.16. The Morgan fingerprint density at radius 3 is 2.75 bits per heavy atom. The molecule has 0 saturated heterocycles. The molecule has 7 nitrogen and oxygen atoms in total. The summed E-state index contributed by atoms with van der Waals surface area (Å²) in [6.07, 6.45) is 7.26. The predicted octanol–water partition coefficient (Wildman–Crippen LogP) is 3.39. The number of carbonyl (C=O) groups is 2. The van der Waals surface area contributed by atoms with Crippen LogP contribution in [0.3, 0.4) is 0 Å². The van der Waals surface area contributed by atoms with Gasteiger partial charge >= 0.3 is 5.97 Å². The number of rotatable bonds is 11. The van der Waals surface area contributed by atoms with Gasteiger partial charge in [0.25, 0.3) is 0 Å². The van der Waals surface area contributed by atoms with Crippen LogP contribution in [0.2, 0.25) is 0 Å². The molecule has 0 saturated carbocycles. The van der Waals surface area contributed by atoms with E-state index in [9.17, 15) is 9.59 Å². The molecule has 0 unspecified atom stereocenters. The van der Waals surface area contributed by atoms with Crippen LogP contribution in [0.15, 0.2) is 18.5 Å². The van der Waals surface area contributed by atoms with Crippen LogP contribution in [-0.2, 0) is 20.9 Å². The summed E-state index contributed by atoms with van der Waals surface area (Å²) < 4.78 is 7.26. The standard InChI is InChI=1S/C21H32N4O3/c1-5-28-21(27)17(13-15(2)3)24-20(26)9-7-6-8-12-25-16(4)23-18-14-22-11-10-19(18)25/h10-11,14-15,17H,5-9,12-13H2,1-4H3,(H,24,26)/t17-/m0/s1. The smallest absolute Gasteiger partial charge is 0.328 e. The van der Waals surface area contributed by atoms with E-state index in [0.717, 1.165) is 42.7 Å². The number of esters is 1. The van der Waals surface area contributed by atoms with Crippen molar-refractivity contribution < 1.29 is 14.3 Å². The average Bonchev–Trinajstić information content (AvgIpc) is 2.96. The monoisotopic (exact) mass is 388 g/mol. The molecule has 0 fully saturated rings. The minimum atomic E-state index is -0.555. The predicted molar refractivity (Wildman–Crippen MR) is 109 cm³/mol. The van der Waals surface area contributed by atoms with Gasteiger partial charge in [-0.1, -0.05) is 20.3 Å². The molecule has 1 amide bonds. The number of hydrogen-bond acceptors (Lipinski definition) is 5. The van der Waals surface area contributed by atoms with Crippen LogP contribution in [0.5, 0.6) is 0 Å².